The van der Waals surface area contributed by atoms with E-state index in [1.54, 1.807) is 20.5 Å². The number of nitrogens with zero attached hydrogens (tertiary/aromatic N) is 3. The normalized spacial score (nSPS) is 13.8. The number of aryl methyl sites for hydroxylation is 1. The van der Waals surface area contributed by atoms with Crippen molar-refractivity contribution in [3.63, 3.8) is 0 Å². The number of anilines is 1. The molecule has 2 aromatic heterocycles. The molecule has 28 heavy (non-hydrogen) atoms. The van der Waals surface area contributed by atoms with Crippen molar-refractivity contribution < 1.29 is 9.47 Å². The van der Waals surface area contributed by atoms with E-state index < -0.39 is 0 Å². The van der Waals surface area contributed by atoms with Crippen LogP contribution in [0.5, 0.6) is 11.5 Å². The minimum absolute atomic E-state index is 0.674. The Labute approximate surface area is 163 Å². The standard InChI is InChI=1S/C22H22N4O2/c1-13-4-5-14-16-11-26(7-6-17(16)25-19(14)8-13)22-15-9-20(27-2)21(28-3)10-18(15)23-12-24-22/h4-5,8-10,12,25H,6-7,11H2,1-3H3. The van der Waals surface area contributed by atoms with E-state index in [4.69, 9.17) is 9.47 Å². The van der Waals surface area contributed by atoms with Gasteiger partial charge in [0.2, 0.25) is 0 Å². The fourth-order valence-corrected chi connectivity index (χ4v) is 4.14. The highest BCUT2D eigenvalue weighted by Crippen LogP contribution is 2.37. The lowest BCUT2D eigenvalue weighted by Crippen LogP contribution is -2.31. The van der Waals surface area contributed by atoms with Gasteiger partial charge in [0.15, 0.2) is 11.5 Å². The average Bonchev–Trinajstić information content (AvgIpc) is 3.08. The molecule has 0 atom stereocenters. The summed E-state index contributed by atoms with van der Waals surface area (Å²) in [6.45, 7) is 3.85. The van der Waals surface area contributed by atoms with Crippen LogP contribution in [-0.4, -0.2) is 35.7 Å². The fourth-order valence-electron chi connectivity index (χ4n) is 4.14. The predicted octanol–water partition coefficient (Wildman–Crippen LogP) is 4.00. The second-order valence-corrected chi connectivity index (χ2v) is 7.22. The van der Waals surface area contributed by atoms with Crippen LogP contribution in [0.3, 0.4) is 0 Å². The van der Waals surface area contributed by atoms with Crippen LogP contribution in [0.25, 0.3) is 21.8 Å². The van der Waals surface area contributed by atoms with Crippen LogP contribution in [0.4, 0.5) is 5.82 Å². The molecule has 6 heteroatoms. The molecule has 1 N–H and O–H groups in total. The van der Waals surface area contributed by atoms with E-state index in [1.807, 2.05) is 12.1 Å². The highest BCUT2D eigenvalue weighted by molar-refractivity contribution is 5.93. The molecule has 0 fully saturated rings. The highest BCUT2D eigenvalue weighted by Gasteiger charge is 2.23. The lowest BCUT2D eigenvalue weighted by molar-refractivity contribution is 0.356. The molecule has 2 aromatic carbocycles. The molecule has 5 rings (SSSR count). The van der Waals surface area contributed by atoms with Gasteiger partial charge in [0.05, 0.1) is 19.7 Å². The number of hydrogen-bond acceptors (Lipinski definition) is 5. The molecule has 0 bridgehead atoms. The van der Waals surface area contributed by atoms with Crippen molar-refractivity contribution in [1.29, 1.82) is 0 Å². The zero-order chi connectivity index (χ0) is 19.3. The summed E-state index contributed by atoms with van der Waals surface area (Å²) < 4.78 is 10.9. The van der Waals surface area contributed by atoms with E-state index in [9.17, 15) is 0 Å². The molecule has 0 amide bonds. The number of aromatic nitrogens is 3. The number of rotatable bonds is 3. The van der Waals surface area contributed by atoms with Gasteiger partial charge in [0, 0.05) is 53.1 Å². The van der Waals surface area contributed by atoms with Crippen molar-refractivity contribution in [3.05, 3.63) is 53.5 Å². The Morgan fingerprint density at radius 2 is 1.82 bits per heavy atom. The molecule has 0 saturated carbocycles. The Bertz CT molecular complexity index is 1200. The number of ether oxygens (including phenoxy) is 2. The molecule has 1 aliphatic heterocycles. The molecular formula is C22H22N4O2. The van der Waals surface area contributed by atoms with Gasteiger partial charge in [0.1, 0.15) is 12.1 Å². The first-order valence-corrected chi connectivity index (χ1v) is 9.39. The van der Waals surface area contributed by atoms with Gasteiger partial charge in [-0.2, -0.15) is 0 Å². The van der Waals surface area contributed by atoms with Crippen molar-refractivity contribution in [2.75, 3.05) is 25.7 Å². The number of H-pyrrole nitrogens is 1. The topological polar surface area (TPSA) is 63.3 Å². The van der Waals surface area contributed by atoms with E-state index in [0.29, 0.717) is 11.5 Å². The number of fused-ring (bicyclic) bond motifs is 4. The maximum atomic E-state index is 5.50. The molecule has 0 aliphatic carbocycles. The zero-order valence-corrected chi connectivity index (χ0v) is 16.2. The Morgan fingerprint density at radius 1 is 1.00 bits per heavy atom. The summed E-state index contributed by atoms with van der Waals surface area (Å²) in [5.41, 5.74) is 6.02. The highest BCUT2D eigenvalue weighted by atomic mass is 16.5. The maximum Gasteiger partial charge on any atom is 0.162 e. The third-order valence-electron chi connectivity index (χ3n) is 5.55. The van der Waals surface area contributed by atoms with Gasteiger partial charge in [-0.15, -0.1) is 0 Å². The molecule has 0 saturated heterocycles. The largest absolute Gasteiger partial charge is 0.493 e. The van der Waals surface area contributed by atoms with Crippen LogP contribution in [0.15, 0.2) is 36.7 Å². The Hall–Kier alpha value is -3.28. The van der Waals surface area contributed by atoms with E-state index in [1.165, 1.54) is 27.7 Å². The summed E-state index contributed by atoms with van der Waals surface area (Å²) in [6, 6.07) is 10.5. The monoisotopic (exact) mass is 374 g/mol. The van der Waals surface area contributed by atoms with Crippen molar-refractivity contribution in [2.45, 2.75) is 19.9 Å². The van der Waals surface area contributed by atoms with Crippen LogP contribution in [0.2, 0.25) is 0 Å². The second kappa shape index (κ2) is 6.41. The molecule has 1 aliphatic rings. The SMILES string of the molecule is COc1cc2ncnc(N3CCc4[nH]c5cc(C)ccc5c4C3)c2cc1OC. The van der Waals surface area contributed by atoms with Crippen LogP contribution < -0.4 is 14.4 Å². The lowest BCUT2D eigenvalue weighted by Gasteiger charge is -2.29. The third-order valence-corrected chi connectivity index (χ3v) is 5.55. The van der Waals surface area contributed by atoms with Crippen molar-refractivity contribution >= 4 is 27.6 Å². The zero-order valence-electron chi connectivity index (χ0n) is 16.2. The average molecular weight is 374 g/mol. The van der Waals surface area contributed by atoms with Crippen LogP contribution in [-0.2, 0) is 13.0 Å². The summed E-state index contributed by atoms with van der Waals surface area (Å²) in [5, 5.41) is 2.27. The van der Waals surface area contributed by atoms with Crippen LogP contribution in [0.1, 0.15) is 16.8 Å². The molecule has 142 valence electrons. The smallest absolute Gasteiger partial charge is 0.162 e. The summed E-state index contributed by atoms with van der Waals surface area (Å²) >= 11 is 0. The van der Waals surface area contributed by atoms with E-state index >= 15 is 0 Å². The number of nitrogens with one attached hydrogen (secondary N) is 1. The van der Waals surface area contributed by atoms with Crippen molar-refractivity contribution in [2.24, 2.45) is 0 Å². The third kappa shape index (κ3) is 2.56. The quantitative estimate of drug-likeness (QED) is 0.587. The fraction of sp³-hybridized carbons (Fsp3) is 0.273. The first kappa shape index (κ1) is 16.9. The first-order valence-electron chi connectivity index (χ1n) is 9.39. The van der Waals surface area contributed by atoms with Gasteiger partial charge < -0.3 is 19.4 Å². The predicted molar refractivity (Wildman–Crippen MR) is 110 cm³/mol. The molecule has 0 spiro atoms. The summed E-state index contributed by atoms with van der Waals surface area (Å²) in [5.74, 6) is 2.29. The van der Waals surface area contributed by atoms with Gasteiger partial charge in [-0.3, -0.25) is 0 Å². The van der Waals surface area contributed by atoms with Gasteiger partial charge in [-0.25, -0.2) is 9.97 Å². The van der Waals surface area contributed by atoms with Crippen molar-refractivity contribution in [1.82, 2.24) is 15.0 Å². The van der Waals surface area contributed by atoms with Crippen LogP contribution in [0, 0.1) is 6.92 Å². The number of aromatic amines is 1. The number of hydrogen-bond donors (Lipinski definition) is 1. The minimum atomic E-state index is 0.674. The summed E-state index contributed by atoms with van der Waals surface area (Å²) in [7, 11) is 3.28. The number of methoxy groups -OCH3 is 2. The van der Waals surface area contributed by atoms with Gasteiger partial charge >= 0.3 is 0 Å². The Kier molecular flexibility index (Phi) is 3.86. The van der Waals surface area contributed by atoms with Crippen molar-refractivity contribution in [3.8, 4) is 11.5 Å². The van der Waals surface area contributed by atoms with Crippen LogP contribution >= 0.6 is 0 Å². The molecule has 0 radical (unpaired) electrons. The van der Waals surface area contributed by atoms with Gasteiger partial charge in [-0.1, -0.05) is 12.1 Å². The molecule has 3 heterocycles. The minimum Gasteiger partial charge on any atom is -0.493 e. The Morgan fingerprint density at radius 3 is 2.64 bits per heavy atom. The van der Waals surface area contributed by atoms with Gasteiger partial charge in [-0.05, 0) is 24.6 Å². The molecule has 4 aromatic rings. The van der Waals surface area contributed by atoms with Gasteiger partial charge in [0.25, 0.3) is 0 Å². The van der Waals surface area contributed by atoms with E-state index in [-0.39, 0.29) is 0 Å². The molecule has 0 unspecified atom stereocenters. The first-order chi connectivity index (χ1) is 13.7. The Balaban J connectivity index is 1.61. The lowest BCUT2D eigenvalue weighted by atomic mass is 10.0. The summed E-state index contributed by atoms with van der Waals surface area (Å²) in [6.07, 6.45) is 2.58. The maximum absolute atomic E-state index is 5.50. The number of benzene rings is 2. The second-order valence-electron chi connectivity index (χ2n) is 7.22. The molecular weight excluding hydrogens is 352 g/mol. The van der Waals surface area contributed by atoms with E-state index in [2.05, 4.69) is 45.0 Å². The van der Waals surface area contributed by atoms with E-state index in [0.717, 1.165) is 36.2 Å². The molecule has 6 nitrogen and oxygen atoms in total. The summed E-state index contributed by atoms with van der Waals surface area (Å²) in [4.78, 5) is 15.0.